The Labute approximate surface area is 111 Å². The SMILES string of the molecule is CCC(=O)N(c1nc(Cl)ncc1C)C1CC(O)C1. The molecule has 0 aliphatic heterocycles. The number of rotatable bonds is 3. The van der Waals surface area contributed by atoms with Gasteiger partial charge in [-0.2, -0.15) is 4.98 Å². The van der Waals surface area contributed by atoms with E-state index in [0.29, 0.717) is 25.1 Å². The summed E-state index contributed by atoms with van der Waals surface area (Å²) in [4.78, 5) is 21.7. The zero-order chi connectivity index (χ0) is 13.3. The molecular formula is C12H16ClN3O2. The molecule has 98 valence electrons. The minimum atomic E-state index is -0.320. The first-order chi connectivity index (χ1) is 8.52. The first-order valence-corrected chi connectivity index (χ1v) is 6.40. The van der Waals surface area contributed by atoms with Crippen LogP contribution in [-0.4, -0.2) is 33.1 Å². The fourth-order valence-electron chi connectivity index (χ4n) is 2.09. The van der Waals surface area contributed by atoms with Gasteiger partial charge in [0.05, 0.1) is 6.10 Å². The van der Waals surface area contributed by atoms with Crippen LogP contribution < -0.4 is 4.90 Å². The van der Waals surface area contributed by atoms with Crippen LogP contribution in [0.3, 0.4) is 0 Å². The van der Waals surface area contributed by atoms with Gasteiger partial charge in [0.1, 0.15) is 5.82 Å². The largest absolute Gasteiger partial charge is 0.393 e. The van der Waals surface area contributed by atoms with Crippen molar-refractivity contribution in [3.63, 3.8) is 0 Å². The lowest BCUT2D eigenvalue weighted by Gasteiger charge is -2.40. The number of amides is 1. The van der Waals surface area contributed by atoms with E-state index in [0.717, 1.165) is 5.56 Å². The predicted molar refractivity (Wildman–Crippen MR) is 68.6 cm³/mol. The summed E-state index contributed by atoms with van der Waals surface area (Å²) >= 11 is 5.79. The molecule has 0 radical (unpaired) electrons. The molecule has 5 nitrogen and oxygen atoms in total. The van der Waals surface area contributed by atoms with Crippen molar-refractivity contribution in [3.8, 4) is 0 Å². The Morgan fingerprint density at radius 2 is 2.28 bits per heavy atom. The Balaban J connectivity index is 2.33. The summed E-state index contributed by atoms with van der Waals surface area (Å²) in [6.45, 7) is 3.65. The van der Waals surface area contributed by atoms with Gasteiger partial charge in [0, 0.05) is 24.2 Å². The second-order valence-electron chi connectivity index (χ2n) is 4.54. The summed E-state index contributed by atoms with van der Waals surface area (Å²) in [5, 5.41) is 9.52. The van der Waals surface area contributed by atoms with Gasteiger partial charge < -0.3 is 5.11 Å². The van der Waals surface area contributed by atoms with Crippen molar-refractivity contribution < 1.29 is 9.90 Å². The lowest BCUT2D eigenvalue weighted by molar-refractivity contribution is -0.119. The molecule has 0 spiro atoms. The predicted octanol–water partition coefficient (Wildman–Crippen LogP) is 1.70. The first kappa shape index (κ1) is 13.2. The molecule has 6 heteroatoms. The molecule has 1 saturated carbocycles. The van der Waals surface area contributed by atoms with E-state index in [4.69, 9.17) is 11.6 Å². The smallest absolute Gasteiger partial charge is 0.228 e. The molecule has 18 heavy (non-hydrogen) atoms. The van der Waals surface area contributed by atoms with Crippen LogP contribution in [0, 0.1) is 6.92 Å². The van der Waals surface area contributed by atoms with E-state index in [9.17, 15) is 9.90 Å². The molecule has 1 aromatic rings. The van der Waals surface area contributed by atoms with Crippen LogP contribution in [-0.2, 0) is 4.79 Å². The van der Waals surface area contributed by atoms with E-state index in [-0.39, 0.29) is 23.3 Å². The number of carbonyl (C=O) groups excluding carboxylic acids is 1. The van der Waals surface area contributed by atoms with Crippen LogP contribution in [0.5, 0.6) is 0 Å². The van der Waals surface area contributed by atoms with Gasteiger partial charge in [0.15, 0.2) is 0 Å². The molecule has 1 N–H and O–H groups in total. The lowest BCUT2D eigenvalue weighted by atomic mass is 9.87. The van der Waals surface area contributed by atoms with E-state index < -0.39 is 0 Å². The molecule has 1 heterocycles. The summed E-state index contributed by atoms with van der Waals surface area (Å²) in [6.07, 6.45) is 2.86. The maximum atomic E-state index is 12.1. The number of aromatic nitrogens is 2. The second-order valence-corrected chi connectivity index (χ2v) is 4.88. The van der Waals surface area contributed by atoms with Crippen LogP contribution in [0.4, 0.5) is 5.82 Å². The molecule has 0 unspecified atom stereocenters. The highest BCUT2D eigenvalue weighted by Gasteiger charge is 2.36. The molecule has 0 saturated heterocycles. The van der Waals surface area contributed by atoms with Gasteiger partial charge in [0.25, 0.3) is 0 Å². The molecule has 0 atom stereocenters. The normalized spacial score (nSPS) is 22.4. The van der Waals surface area contributed by atoms with Crippen molar-refractivity contribution in [2.24, 2.45) is 0 Å². The third kappa shape index (κ3) is 2.47. The number of aliphatic hydroxyl groups is 1. The third-order valence-corrected chi connectivity index (χ3v) is 3.35. The van der Waals surface area contributed by atoms with Crippen LogP contribution >= 0.6 is 11.6 Å². The van der Waals surface area contributed by atoms with E-state index >= 15 is 0 Å². The van der Waals surface area contributed by atoms with Crippen LogP contribution in [0.25, 0.3) is 0 Å². The van der Waals surface area contributed by atoms with Crippen LogP contribution in [0.2, 0.25) is 5.28 Å². The van der Waals surface area contributed by atoms with Crippen LogP contribution in [0.1, 0.15) is 31.7 Å². The average Bonchev–Trinajstić information content (AvgIpc) is 2.31. The minimum Gasteiger partial charge on any atom is -0.393 e. The summed E-state index contributed by atoms with van der Waals surface area (Å²) in [7, 11) is 0. The molecular weight excluding hydrogens is 254 g/mol. The van der Waals surface area contributed by atoms with Gasteiger partial charge in [0.2, 0.25) is 11.2 Å². The van der Waals surface area contributed by atoms with E-state index in [1.807, 2.05) is 13.8 Å². The molecule has 1 fully saturated rings. The van der Waals surface area contributed by atoms with Crippen LogP contribution in [0.15, 0.2) is 6.20 Å². The van der Waals surface area contributed by atoms with Gasteiger partial charge in [-0.1, -0.05) is 6.92 Å². The van der Waals surface area contributed by atoms with Gasteiger partial charge in [-0.25, -0.2) is 4.98 Å². The Kier molecular flexibility index (Phi) is 3.82. The highest BCUT2D eigenvalue weighted by Crippen LogP contribution is 2.31. The number of hydrogen-bond donors (Lipinski definition) is 1. The number of nitrogens with zero attached hydrogens (tertiary/aromatic N) is 3. The summed E-state index contributed by atoms with van der Waals surface area (Å²) in [5.74, 6) is 0.545. The summed E-state index contributed by atoms with van der Waals surface area (Å²) in [5.41, 5.74) is 0.808. The third-order valence-electron chi connectivity index (χ3n) is 3.17. The Bertz CT molecular complexity index is 461. The van der Waals surface area contributed by atoms with Crippen molar-refractivity contribution in [2.75, 3.05) is 4.90 Å². The van der Waals surface area contributed by atoms with E-state index in [2.05, 4.69) is 9.97 Å². The first-order valence-electron chi connectivity index (χ1n) is 6.02. The maximum Gasteiger partial charge on any atom is 0.228 e. The fourth-order valence-corrected chi connectivity index (χ4v) is 2.22. The second kappa shape index (κ2) is 5.20. The number of aliphatic hydroxyl groups excluding tert-OH is 1. The maximum absolute atomic E-state index is 12.1. The molecule has 0 aromatic carbocycles. The number of carbonyl (C=O) groups is 1. The number of anilines is 1. The number of hydrogen-bond acceptors (Lipinski definition) is 4. The van der Waals surface area contributed by atoms with Gasteiger partial charge in [-0.3, -0.25) is 9.69 Å². The Morgan fingerprint density at radius 3 is 2.83 bits per heavy atom. The molecule has 1 aliphatic carbocycles. The summed E-state index contributed by atoms with van der Waals surface area (Å²) < 4.78 is 0. The number of halogens is 1. The topological polar surface area (TPSA) is 66.3 Å². The highest BCUT2D eigenvalue weighted by atomic mass is 35.5. The van der Waals surface area contributed by atoms with Crippen molar-refractivity contribution in [3.05, 3.63) is 17.0 Å². The van der Waals surface area contributed by atoms with Crippen molar-refractivity contribution in [1.82, 2.24) is 9.97 Å². The van der Waals surface area contributed by atoms with Crippen molar-refractivity contribution in [1.29, 1.82) is 0 Å². The summed E-state index contributed by atoms with van der Waals surface area (Å²) in [6, 6.07) is 0.0112. The van der Waals surface area contributed by atoms with Gasteiger partial charge in [-0.05, 0) is 31.4 Å². The van der Waals surface area contributed by atoms with Gasteiger partial charge in [-0.15, -0.1) is 0 Å². The minimum absolute atomic E-state index is 0.00948. The molecule has 0 bridgehead atoms. The molecule has 1 aromatic heterocycles. The van der Waals surface area contributed by atoms with Crippen molar-refractivity contribution in [2.45, 2.75) is 45.3 Å². The van der Waals surface area contributed by atoms with E-state index in [1.54, 1.807) is 11.1 Å². The van der Waals surface area contributed by atoms with Gasteiger partial charge >= 0.3 is 0 Å². The fraction of sp³-hybridized carbons (Fsp3) is 0.583. The standard InChI is InChI=1S/C12H16ClN3O2/c1-3-10(18)16(8-4-9(17)5-8)11-7(2)6-14-12(13)15-11/h6,8-9,17H,3-5H2,1-2H3. The lowest BCUT2D eigenvalue weighted by Crippen LogP contribution is -2.50. The molecule has 1 aliphatic rings. The zero-order valence-corrected chi connectivity index (χ0v) is 11.2. The monoisotopic (exact) mass is 269 g/mol. The average molecular weight is 270 g/mol. The quantitative estimate of drug-likeness (QED) is 0.849. The highest BCUT2D eigenvalue weighted by molar-refractivity contribution is 6.28. The Morgan fingerprint density at radius 1 is 1.61 bits per heavy atom. The number of aryl methyl sites for hydroxylation is 1. The van der Waals surface area contributed by atoms with Crippen molar-refractivity contribution >= 4 is 23.3 Å². The zero-order valence-electron chi connectivity index (χ0n) is 10.4. The molecule has 1 amide bonds. The van der Waals surface area contributed by atoms with E-state index in [1.165, 1.54) is 0 Å². The Hall–Kier alpha value is -1.20. The molecule has 2 rings (SSSR count).